The Morgan fingerprint density at radius 2 is 1.82 bits per heavy atom. The third kappa shape index (κ3) is 6.60. The Balaban J connectivity index is 0.828. The molecule has 7 heterocycles. The molecule has 0 unspecified atom stereocenters. The Labute approximate surface area is 328 Å². The molecule has 3 saturated heterocycles. The number of phenolic OH excluding ortho intramolecular Hbond substituents is 1. The lowest BCUT2D eigenvalue weighted by Gasteiger charge is -2.43. The molecule has 4 aromatic rings. The number of benzene rings is 2. The van der Waals surface area contributed by atoms with Gasteiger partial charge >= 0.3 is 0 Å². The molecule has 57 heavy (non-hydrogen) atoms. The minimum atomic E-state index is -2.66. The van der Waals surface area contributed by atoms with Crippen LogP contribution in [0.15, 0.2) is 54.7 Å². The summed E-state index contributed by atoms with van der Waals surface area (Å²) in [7, 11) is 0. The number of fused-ring (bicyclic) bond motifs is 4. The molecule has 5 aliphatic heterocycles. The zero-order valence-corrected chi connectivity index (χ0v) is 31.8. The second-order valence-corrected chi connectivity index (χ2v) is 16.1. The summed E-state index contributed by atoms with van der Waals surface area (Å²) >= 11 is 0. The molecule has 3 amide bonds. The van der Waals surface area contributed by atoms with Gasteiger partial charge in [-0.1, -0.05) is 24.3 Å². The van der Waals surface area contributed by atoms with Crippen LogP contribution in [-0.2, 0) is 22.7 Å². The molecular formula is C42H44F2N8O5. The quantitative estimate of drug-likeness (QED) is 0.205. The number of hydrogen-bond donors (Lipinski definition) is 3. The summed E-state index contributed by atoms with van der Waals surface area (Å²) in [6, 6.07) is 14.5. The Morgan fingerprint density at radius 1 is 1.00 bits per heavy atom. The fraction of sp³-hybridized carbons (Fsp3) is 0.429. The van der Waals surface area contributed by atoms with Crippen LogP contribution in [0.25, 0.3) is 11.3 Å². The number of aryl methyl sites for hydroxylation is 2. The third-order valence-corrected chi connectivity index (χ3v) is 12.5. The van der Waals surface area contributed by atoms with Crippen molar-refractivity contribution in [1.29, 1.82) is 0 Å². The molecule has 0 saturated carbocycles. The van der Waals surface area contributed by atoms with Crippen LogP contribution in [0.3, 0.4) is 0 Å². The molecule has 296 valence electrons. The van der Waals surface area contributed by atoms with Crippen LogP contribution in [0, 0.1) is 13.8 Å². The maximum Gasteiger partial charge on any atom is 0.263 e. The summed E-state index contributed by atoms with van der Waals surface area (Å²) in [6.07, 6.45) is 1.01. The van der Waals surface area contributed by atoms with Crippen molar-refractivity contribution in [2.75, 3.05) is 36.4 Å². The SMILES string of the molecule is Cc1cc(CN2CCC(c3ccc4c(c3)C(=O)N([C@H]3CCC(=O)NC3=O)C4)CC2)ncc1O[C@H]1CN2c3cc(-c4cccc(C)c4O)nnc3NC[C@]2(C(F)F)C1. The Bertz CT molecular complexity index is 2280. The first-order chi connectivity index (χ1) is 27.5. The van der Waals surface area contributed by atoms with Crippen LogP contribution >= 0.6 is 0 Å². The first-order valence-electron chi connectivity index (χ1n) is 19.6. The normalized spacial score (nSPS) is 23.6. The van der Waals surface area contributed by atoms with Gasteiger partial charge in [-0.05, 0) is 98.6 Å². The molecule has 9 rings (SSSR count). The van der Waals surface area contributed by atoms with Crippen LogP contribution < -0.4 is 20.3 Å². The first kappa shape index (κ1) is 36.9. The number of anilines is 2. The number of nitrogens with zero attached hydrogens (tertiary/aromatic N) is 6. The van der Waals surface area contributed by atoms with Crippen LogP contribution in [0.4, 0.5) is 20.3 Å². The topological polar surface area (TPSA) is 153 Å². The number of aromatic nitrogens is 3. The van der Waals surface area contributed by atoms with E-state index in [2.05, 4.69) is 31.8 Å². The summed E-state index contributed by atoms with van der Waals surface area (Å²) < 4.78 is 36.4. The second kappa shape index (κ2) is 14.4. The summed E-state index contributed by atoms with van der Waals surface area (Å²) in [5.74, 6) is 0.480. The molecule has 15 heteroatoms. The number of carbonyl (C=O) groups excluding carboxylic acids is 3. The second-order valence-electron chi connectivity index (χ2n) is 16.1. The number of hydrogen-bond acceptors (Lipinski definition) is 11. The van der Waals surface area contributed by atoms with E-state index in [-0.39, 0.29) is 43.5 Å². The maximum absolute atomic E-state index is 15.0. The summed E-state index contributed by atoms with van der Waals surface area (Å²) in [5, 5.41) is 24.7. The molecule has 3 N–H and O–H groups in total. The van der Waals surface area contributed by atoms with Gasteiger partial charge in [0.05, 0.1) is 29.8 Å². The number of pyridine rings is 1. The predicted octanol–water partition coefficient (Wildman–Crippen LogP) is 5.09. The highest BCUT2D eigenvalue weighted by atomic mass is 19.3. The number of halogens is 2. The van der Waals surface area contributed by atoms with E-state index >= 15 is 0 Å². The number of piperidine rings is 2. The van der Waals surface area contributed by atoms with Crippen LogP contribution in [0.5, 0.6) is 11.5 Å². The van der Waals surface area contributed by atoms with Gasteiger partial charge < -0.3 is 25.0 Å². The van der Waals surface area contributed by atoms with Crippen molar-refractivity contribution in [2.24, 2.45) is 0 Å². The first-order valence-corrected chi connectivity index (χ1v) is 19.6. The molecule has 0 spiro atoms. The summed E-state index contributed by atoms with van der Waals surface area (Å²) in [4.78, 5) is 47.8. The van der Waals surface area contributed by atoms with Gasteiger partial charge in [0, 0.05) is 43.6 Å². The van der Waals surface area contributed by atoms with E-state index in [0.717, 1.165) is 48.3 Å². The number of rotatable bonds is 8. The average Bonchev–Trinajstić information content (AvgIpc) is 3.75. The van der Waals surface area contributed by atoms with Crippen LogP contribution in [-0.4, -0.2) is 98.1 Å². The van der Waals surface area contributed by atoms with Gasteiger partial charge in [-0.3, -0.25) is 29.6 Å². The molecule has 0 radical (unpaired) electrons. The molecule has 0 bridgehead atoms. The minimum absolute atomic E-state index is 0.0120. The van der Waals surface area contributed by atoms with Crippen molar-refractivity contribution >= 4 is 29.2 Å². The number of likely N-dealkylation sites (tertiary alicyclic amines) is 1. The number of carbonyl (C=O) groups is 3. The van der Waals surface area contributed by atoms with Gasteiger partial charge in [-0.25, -0.2) is 8.78 Å². The van der Waals surface area contributed by atoms with E-state index < -0.39 is 30.0 Å². The van der Waals surface area contributed by atoms with Gasteiger partial charge in [0.2, 0.25) is 11.8 Å². The average molecular weight is 779 g/mol. The zero-order valence-electron chi connectivity index (χ0n) is 31.8. The number of ether oxygens (including phenoxy) is 1. The zero-order chi connectivity index (χ0) is 39.6. The van der Waals surface area contributed by atoms with E-state index in [4.69, 9.17) is 9.72 Å². The Hall–Kier alpha value is -5.70. The van der Waals surface area contributed by atoms with Crippen molar-refractivity contribution < 1.29 is 33.0 Å². The largest absolute Gasteiger partial charge is 0.507 e. The summed E-state index contributed by atoms with van der Waals surface area (Å²) in [5.41, 5.74) is 4.98. The molecule has 13 nitrogen and oxygen atoms in total. The van der Waals surface area contributed by atoms with Gasteiger partial charge in [-0.15, -0.1) is 10.2 Å². The van der Waals surface area contributed by atoms with Crippen molar-refractivity contribution in [3.63, 3.8) is 0 Å². The third-order valence-electron chi connectivity index (χ3n) is 12.5. The number of nitrogens with one attached hydrogen (secondary N) is 2. The number of para-hydroxylation sites is 1. The molecule has 3 fully saturated rings. The highest BCUT2D eigenvalue weighted by molar-refractivity contribution is 6.05. The van der Waals surface area contributed by atoms with Crippen molar-refractivity contribution in [3.05, 3.63) is 88.2 Å². The number of alkyl halides is 2. The number of imide groups is 1. The maximum atomic E-state index is 15.0. The highest BCUT2D eigenvalue weighted by Gasteiger charge is 2.56. The van der Waals surface area contributed by atoms with E-state index in [0.29, 0.717) is 65.1 Å². The Kier molecular flexibility index (Phi) is 9.29. The van der Waals surface area contributed by atoms with Gasteiger partial charge in [0.1, 0.15) is 29.2 Å². The highest BCUT2D eigenvalue weighted by Crippen LogP contribution is 2.47. The van der Waals surface area contributed by atoms with E-state index in [1.807, 2.05) is 25.1 Å². The fourth-order valence-electron chi connectivity index (χ4n) is 9.24. The fourth-order valence-corrected chi connectivity index (χ4v) is 9.24. The molecule has 2 aromatic carbocycles. The lowest BCUT2D eigenvalue weighted by atomic mass is 9.88. The number of phenols is 1. The van der Waals surface area contributed by atoms with Gasteiger partial charge in [-0.2, -0.15) is 0 Å². The number of amides is 3. The number of aromatic hydroxyl groups is 1. The minimum Gasteiger partial charge on any atom is -0.507 e. The van der Waals surface area contributed by atoms with Crippen molar-refractivity contribution in [2.45, 2.75) is 89.1 Å². The smallest absolute Gasteiger partial charge is 0.263 e. The monoisotopic (exact) mass is 778 g/mol. The van der Waals surface area contributed by atoms with E-state index in [9.17, 15) is 28.3 Å². The molecule has 5 aliphatic rings. The molecule has 3 atom stereocenters. The molecular weight excluding hydrogens is 735 g/mol. The van der Waals surface area contributed by atoms with E-state index in [1.165, 1.54) is 0 Å². The molecule has 2 aromatic heterocycles. The van der Waals surface area contributed by atoms with E-state index in [1.54, 1.807) is 47.2 Å². The van der Waals surface area contributed by atoms with Gasteiger partial charge in [0.15, 0.2) is 5.82 Å². The standard InChI is InChI=1S/C42H44F2N8O5/c1-23-4-3-5-30(37(23)54)32-16-34-38(49-48-32)46-22-42(41(43)44)17-29(21-52(34)42)57-35-18-45-28(14-24(35)2)20-50-12-10-25(11-13-50)26-6-7-27-19-51(40(56)31(27)15-26)33-8-9-36(53)47-39(33)55/h3-7,14-16,18,25,29,33,41,54H,8-13,17,19-22H2,1-2H3,(H,46,49)(H,47,53,55)/t29-,33+,42+/m1/s1. The van der Waals surface area contributed by atoms with Crippen molar-refractivity contribution in [3.8, 4) is 22.8 Å². The molecule has 0 aliphatic carbocycles. The van der Waals surface area contributed by atoms with Gasteiger partial charge in [0.25, 0.3) is 12.3 Å². The summed E-state index contributed by atoms with van der Waals surface area (Å²) in [6.45, 7) is 6.68. The van der Waals surface area contributed by atoms with Crippen molar-refractivity contribution in [1.82, 2.24) is 30.3 Å². The Morgan fingerprint density at radius 3 is 2.60 bits per heavy atom. The predicted molar refractivity (Wildman–Crippen MR) is 206 cm³/mol. The van der Waals surface area contributed by atoms with Crippen LogP contribution in [0.2, 0.25) is 0 Å². The van der Waals surface area contributed by atoms with Crippen LogP contribution in [0.1, 0.15) is 76.3 Å². The lowest BCUT2D eigenvalue weighted by molar-refractivity contribution is -0.136. The lowest BCUT2D eigenvalue weighted by Crippen LogP contribution is -2.57.